The molecular formula is C13H17NO5S. The van der Waals surface area contributed by atoms with Gasteiger partial charge in [0.15, 0.2) is 9.84 Å². The Balaban J connectivity index is 1.99. The van der Waals surface area contributed by atoms with E-state index in [-0.39, 0.29) is 19.0 Å². The molecule has 0 aliphatic carbocycles. The zero-order chi connectivity index (χ0) is 14.8. The van der Waals surface area contributed by atoms with Crippen molar-refractivity contribution in [1.82, 2.24) is 0 Å². The largest absolute Gasteiger partial charge is 0.492 e. The molecule has 0 spiro atoms. The van der Waals surface area contributed by atoms with E-state index in [1.807, 2.05) is 0 Å². The average molecular weight is 299 g/mol. The molecule has 0 radical (unpaired) electrons. The van der Waals surface area contributed by atoms with Gasteiger partial charge in [-0.1, -0.05) is 5.16 Å². The van der Waals surface area contributed by atoms with Gasteiger partial charge < -0.3 is 14.7 Å². The summed E-state index contributed by atoms with van der Waals surface area (Å²) in [5.41, 5.74) is 1.18. The van der Waals surface area contributed by atoms with Gasteiger partial charge >= 0.3 is 0 Å². The molecule has 0 aromatic heterocycles. The van der Waals surface area contributed by atoms with E-state index in [2.05, 4.69) is 5.16 Å². The smallest absolute Gasteiger partial charge is 0.155 e. The lowest BCUT2D eigenvalue weighted by Crippen LogP contribution is -2.22. The predicted molar refractivity (Wildman–Crippen MR) is 74.7 cm³/mol. The fourth-order valence-corrected chi connectivity index (χ4v) is 2.56. The van der Waals surface area contributed by atoms with Crippen LogP contribution in [0.25, 0.3) is 0 Å². The monoisotopic (exact) mass is 299 g/mol. The molecule has 2 rings (SSSR count). The first-order valence-corrected chi connectivity index (χ1v) is 7.98. The number of nitrogens with zero attached hydrogens (tertiary/aromatic N) is 1. The molecule has 1 aliphatic rings. The molecule has 6 nitrogen and oxygen atoms in total. The fraction of sp³-hybridized carbons (Fsp3) is 0.462. The zero-order valence-corrected chi connectivity index (χ0v) is 12.2. The van der Waals surface area contributed by atoms with Crippen LogP contribution in [0.1, 0.15) is 19.4 Å². The third kappa shape index (κ3) is 3.04. The van der Waals surface area contributed by atoms with Crippen molar-refractivity contribution in [2.24, 2.45) is 5.16 Å². The molecule has 20 heavy (non-hydrogen) atoms. The summed E-state index contributed by atoms with van der Waals surface area (Å²) in [4.78, 5) is 0. The van der Waals surface area contributed by atoms with Gasteiger partial charge in [-0.25, -0.2) is 8.42 Å². The summed E-state index contributed by atoms with van der Waals surface area (Å²) in [5.74, 6) is 1.08. The van der Waals surface area contributed by atoms with Gasteiger partial charge in [0.05, 0.1) is 11.0 Å². The van der Waals surface area contributed by atoms with Crippen LogP contribution in [0.3, 0.4) is 0 Å². The van der Waals surface area contributed by atoms with Crippen molar-refractivity contribution < 1.29 is 23.1 Å². The minimum absolute atomic E-state index is 0.0219. The second-order valence-corrected chi connectivity index (χ2v) is 7.43. The highest BCUT2D eigenvalue weighted by Gasteiger charge is 2.21. The van der Waals surface area contributed by atoms with Crippen LogP contribution in [0.5, 0.6) is 11.5 Å². The Kier molecular flexibility index (Phi) is 4.17. The van der Waals surface area contributed by atoms with Gasteiger partial charge in [-0.05, 0) is 26.0 Å². The summed E-state index contributed by atoms with van der Waals surface area (Å²) in [7, 11) is -3.10. The summed E-state index contributed by atoms with van der Waals surface area (Å²) in [6.45, 7) is 3.61. The van der Waals surface area contributed by atoms with E-state index in [1.165, 1.54) is 0 Å². The van der Waals surface area contributed by atoms with Gasteiger partial charge in [0.1, 0.15) is 30.4 Å². The lowest BCUT2D eigenvalue weighted by Gasteiger charge is -2.10. The van der Waals surface area contributed by atoms with Crippen LogP contribution in [0.2, 0.25) is 0 Å². The Labute approximate surface area is 117 Å². The lowest BCUT2D eigenvalue weighted by molar-refractivity contribution is 0.313. The Bertz CT molecular complexity index is 622. The molecule has 1 aromatic carbocycles. The highest BCUT2D eigenvalue weighted by molar-refractivity contribution is 7.91. The molecule has 0 amide bonds. The number of sulfone groups is 1. The minimum Gasteiger partial charge on any atom is -0.492 e. The van der Waals surface area contributed by atoms with E-state index in [9.17, 15) is 8.42 Å². The van der Waals surface area contributed by atoms with Crippen molar-refractivity contribution in [3.8, 4) is 11.5 Å². The molecule has 0 atom stereocenters. The van der Waals surface area contributed by atoms with Crippen molar-refractivity contribution in [3.63, 3.8) is 0 Å². The number of oxime groups is 1. The van der Waals surface area contributed by atoms with E-state index in [4.69, 9.17) is 14.7 Å². The second-order valence-electron chi connectivity index (χ2n) is 4.76. The normalized spacial score (nSPS) is 16.2. The van der Waals surface area contributed by atoms with Crippen LogP contribution in [0, 0.1) is 0 Å². The molecule has 7 heteroatoms. The van der Waals surface area contributed by atoms with Crippen LogP contribution < -0.4 is 9.47 Å². The maximum atomic E-state index is 11.6. The molecule has 0 unspecified atom stereocenters. The first-order chi connectivity index (χ1) is 9.44. The Hall–Kier alpha value is -1.76. The van der Waals surface area contributed by atoms with Crippen LogP contribution in [-0.2, 0) is 9.84 Å². The number of benzene rings is 1. The third-order valence-corrected chi connectivity index (χ3v) is 5.28. The van der Waals surface area contributed by atoms with Crippen molar-refractivity contribution in [1.29, 1.82) is 0 Å². The fourth-order valence-electron chi connectivity index (χ4n) is 1.77. The highest BCUT2D eigenvalue weighted by atomic mass is 32.2. The van der Waals surface area contributed by atoms with Crippen LogP contribution >= 0.6 is 0 Å². The lowest BCUT2D eigenvalue weighted by atomic mass is 10.1. The van der Waals surface area contributed by atoms with Gasteiger partial charge in [-0.15, -0.1) is 0 Å². The van der Waals surface area contributed by atoms with Crippen LogP contribution in [0.15, 0.2) is 23.4 Å². The van der Waals surface area contributed by atoms with E-state index in [1.54, 1.807) is 32.0 Å². The standard InChI is InChI=1S/C13H17NO5S/c1-9(2)20(16,17)6-5-18-10-3-4-11-12(14-15)8-19-13(11)7-10/h3-4,7,9,15H,5-6,8H2,1-2H3/b14-12+. The molecule has 0 bridgehead atoms. The molecule has 1 aliphatic heterocycles. The summed E-state index contributed by atoms with van der Waals surface area (Å²) < 4.78 is 34.0. The van der Waals surface area contributed by atoms with E-state index in [0.717, 1.165) is 5.56 Å². The molecule has 1 N–H and O–H groups in total. The molecule has 0 fully saturated rings. The minimum atomic E-state index is -3.10. The second kappa shape index (κ2) is 5.70. The number of fused-ring (bicyclic) bond motifs is 1. The molecule has 1 heterocycles. The van der Waals surface area contributed by atoms with E-state index >= 15 is 0 Å². The number of hydrogen-bond donors (Lipinski definition) is 1. The molecule has 0 saturated carbocycles. The van der Waals surface area contributed by atoms with E-state index < -0.39 is 15.1 Å². The van der Waals surface area contributed by atoms with Gasteiger partial charge in [-0.2, -0.15) is 0 Å². The molecule has 110 valence electrons. The molecular weight excluding hydrogens is 282 g/mol. The maximum absolute atomic E-state index is 11.6. The summed E-state index contributed by atoms with van der Waals surface area (Å²) in [6, 6.07) is 5.08. The van der Waals surface area contributed by atoms with Crippen LogP contribution in [0.4, 0.5) is 0 Å². The van der Waals surface area contributed by atoms with Crippen molar-refractivity contribution in [2.45, 2.75) is 19.1 Å². The topological polar surface area (TPSA) is 85.2 Å². The van der Waals surface area contributed by atoms with E-state index in [0.29, 0.717) is 17.2 Å². The Morgan fingerprint density at radius 2 is 2.20 bits per heavy atom. The quantitative estimate of drug-likeness (QED) is 0.657. The Morgan fingerprint density at radius 3 is 2.85 bits per heavy atom. The maximum Gasteiger partial charge on any atom is 0.155 e. The van der Waals surface area contributed by atoms with Crippen LogP contribution in [-0.4, -0.2) is 43.6 Å². The first-order valence-electron chi connectivity index (χ1n) is 6.26. The summed E-state index contributed by atoms with van der Waals surface area (Å²) in [5, 5.41) is 11.5. The SMILES string of the molecule is CC(C)S(=O)(=O)CCOc1ccc2c(c1)OC/C2=N\O. The number of ether oxygens (including phenoxy) is 2. The number of hydrogen-bond acceptors (Lipinski definition) is 6. The van der Waals surface area contributed by atoms with Crippen molar-refractivity contribution >= 4 is 15.5 Å². The van der Waals surface area contributed by atoms with Gasteiger partial charge in [-0.3, -0.25) is 0 Å². The van der Waals surface area contributed by atoms with Crippen molar-refractivity contribution in [2.75, 3.05) is 19.0 Å². The third-order valence-electron chi connectivity index (χ3n) is 3.10. The zero-order valence-electron chi connectivity index (χ0n) is 11.4. The van der Waals surface area contributed by atoms with Gasteiger partial charge in [0, 0.05) is 11.6 Å². The Morgan fingerprint density at radius 1 is 1.45 bits per heavy atom. The van der Waals surface area contributed by atoms with Crippen molar-refractivity contribution in [3.05, 3.63) is 23.8 Å². The first kappa shape index (κ1) is 14.6. The predicted octanol–water partition coefficient (Wildman–Crippen LogP) is 1.46. The summed E-state index contributed by atoms with van der Waals surface area (Å²) >= 11 is 0. The molecule has 0 saturated heterocycles. The molecule has 1 aromatic rings. The number of rotatable bonds is 5. The average Bonchev–Trinajstić information content (AvgIpc) is 2.80. The van der Waals surface area contributed by atoms with Gasteiger partial charge in [0.25, 0.3) is 0 Å². The highest BCUT2D eigenvalue weighted by Crippen LogP contribution is 2.29. The summed E-state index contributed by atoms with van der Waals surface area (Å²) in [6.07, 6.45) is 0. The van der Waals surface area contributed by atoms with Gasteiger partial charge in [0.2, 0.25) is 0 Å².